The van der Waals surface area contributed by atoms with Gasteiger partial charge in [-0.25, -0.2) is 4.98 Å². The lowest BCUT2D eigenvalue weighted by atomic mass is 10.3. The highest BCUT2D eigenvalue weighted by molar-refractivity contribution is 5.92. The van der Waals surface area contributed by atoms with Crippen LogP contribution in [0.3, 0.4) is 0 Å². The van der Waals surface area contributed by atoms with E-state index in [9.17, 15) is 4.79 Å². The highest BCUT2D eigenvalue weighted by Crippen LogP contribution is 2.03. The highest BCUT2D eigenvalue weighted by atomic mass is 16.2. The van der Waals surface area contributed by atoms with Crippen molar-refractivity contribution in [1.82, 2.24) is 30.3 Å². The fourth-order valence-electron chi connectivity index (χ4n) is 1.48. The van der Waals surface area contributed by atoms with E-state index >= 15 is 0 Å². The fourth-order valence-corrected chi connectivity index (χ4v) is 1.48. The molecule has 90 valence electrons. The van der Waals surface area contributed by atoms with Crippen molar-refractivity contribution in [2.75, 3.05) is 0 Å². The summed E-state index contributed by atoms with van der Waals surface area (Å²) < 4.78 is 1.58. The summed E-state index contributed by atoms with van der Waals surface area (Å²) in [5.74, 6) is 0.451. The molecule has 1 amide bonds. The molecule has 0 saturated carbocycles. The molecule has 0 spiro atoms. The molecule has 0 aliphatic carbocycles. The number of H-pyrrole nitrogens is 1. The van der Waals surface area contributed by atoms with Crippen molar-refractivity contribution in [3.63, 3.8) is 0 Å². The van der Waals surface area contributed by atoms with Gasteiger partial charge in [-0.05, 0) is 12.5 Å². The fraction of sp³-hybridized carbons (Fsp3) is 0.400. The Hall–Kier alpha value is -2.18. The second kappa shape index (κ2) is 4.77. The summed E-state index contributed by atoms with van der Waals surface area (Å²) in [4.78, 5) is 15.8. The predicted octanol–water partition coefficient (Wildman–Crippen LogP) is 0.0306. The van der Waals surface area contributed by atoms with Crippen molar-refractivity contribution in [3.8, 4) is 0 Å². The molecule has 7 nitrogen and oxygen atoms in total. The third-order valence-corrected chi connectivity index (χ3v) is 2.41. The largest absolute Gasteiger partial charge is 0.343 e. The van der Waals surface area contributed by atoms with Crippen LogP contribution < -0.4 is 5.32 Å². The molecule has 2 rings (SSSR count). The zero-order valence-corrected chi connectivity index (χ0v) is 9.77. The van der Waals surface area contributed by atoms with Gasteiger partial charge in [0.05, 0.1) is 12.2 Å². The lowest BCUT2D eigenvalue weighted by Gasteiger charge is -2.02. The van der Waals surface area contributed by atoms with Gasteiger partial charge in [-0.3, -0.25) is 14.6 Å². The number of aryl methyl sites for hydroxylation is 2. The Balaban J connectivity index is 2.01. The van der Waals surface area contributed by atoms with Crippen LogP contribution in [0.1, 0.15) is 28.9 Å². The quantitative estimate of drug-likeness (QED) is 0.781. The number of hydrogen-bond donors (Lipinski definition) is 2. The number of hydrogen-bond acceptors (Lipinski definition) is 4. The van der Waals surface area contributed by atoms with Gasteiger partial charge in [-0.2, -0.15) is 10.2 Å². The number of nitrogens with one attached hydrogen (secondary N) is 2. The van der Waals surface area contributed by atoms with Crippen molar-refractivity contribution in [2.24, 2.45) is 7.05 Å². The minimum atomic E-state index is -0.170. The average molecular weight is 234 g/mol. The minimum absolute atomic E-state index is 0.170. The number of nitrogens with zero attached hydrogens (tertiary/aromatic N) is 4. The summed E-state index contributed by atoms with van der Waals surface area (Å²) in [5.41, 5.74) is 1.44. The molecule has 17 heavy (non-hydrogen) atoms. The van der Waals surface area contributed by atoms with Crippen molar-refractivity contribution < 1.29 is 4.79 Å². The number of aromatic amines is 1. The number of carbonyl (C=O) groups excluding carboxylic acids is 1. The minimum Gasteiger partial charge on any atom is -0.343 e. The van der Waals surface area contributed by atoms with Crippen LogP contribution in [-0.2, 0) is 20.0 Å². The lowest BCUT2D eigenvalue weighted by Crippen LogP contribution is -2.25. The third-order valence-electron chi connectivity index (χ3n) is 2.41. The topological polar surface area (TPSA) is 88.5 Å². The summed E-state index contributed by atoms with van der Waals surface area (Å²) in [6, 6.07) is 1.79. The lowest BCUT2D eigenvalue weighted by molar-refractivity contribution is 0.0940. The van der Waals surface area contributed by atoms with E-state index in [1.807, 2.05) is 6.92 Å². The van der Waals surface area contributed by atoms with Gasteiger partial charge in [0.1, 0.15) is 17.8 Å². The second-order valence-electron chi connectivity index (χ2n) is 3.61. The maximum Gasteiger partial charge on any atom is 0.269 e. The molecular formula is C10H14N6O. The van der Waals surface area contributed by atoms with Gasteiger partial charge < -0.3 is 5.32 Å². The highest BCUT2D eigenvalue weighted by Gasteiger charge is 2.12. The molecule has 2 aromatic heterocycles. The molecule has 2 heterocycles. The van der Waals surface area contributed by atoms with Crippen LogP contribution in [-0.4, -0.2) is 30.9 Å². The Morgan fingerprint density at radius 3 is 3.00 bits per heavy atom. The number of rotatable bonds is 4. The van der Waals surface area contributed by atoms with Gasteiger partial charge in [0.2, 0.25) is 0 Å². The second-order valence-corrected chi connectivity index (χ2v) is 3.61. The zero-order chi connectivity index (χ0) is 12.3. The summed E-state index contributed by atoms with van der Waals surface area (Å²) in [6.45, 7) is 2.32. The summed E-state index contributed by atoms with van der Waals surface area (Å²) in [6.07, 6.45) is 2.21. The van der Waals surface area contributed by atoms with Crippen molar-refractivity contribution in [1.29, 1.82) is 0 Å². The first-order chi connectivity index (χ1) is 8.20. The molecule has 0 fully saturated rings. The van der Waals surface area contributed by atoms with E-state index in [1.165, 1.54) is 6.33 Å². The molecule has 0 saturated heterocycles. The van der Waals surface area contributed by atoms with Gasteiger partial charge in [0, 0.05) is 7.05 Å². The maximum atomic E-state index is 11.9. The van der Waals surface area contributed by atoms with Gasteiger partial charge in [0.15, 0.2) is 0 Å². The van der Waals surface area contributed by atoms with E-state index in [2.05, 4.69) is 25.6 Å². The molecule has 0 radical (unpaired) electrons. The smallest absolute Gasteiger partial charge is 0.269 e. The van der Waals surface area contributed by atoms with Crippen molar-refractivity contribution >= 4 is 5.91 Å². The van der Waals surface area contributed by atoms with Crippen molar-refractivity contribution in [3.05, 3.63) is 29.6 Å². The van der Waals surface area contributed by atoms with Crippen LogP contribution in [0.2, 0.25) is 0 Å². The molecule has 0 atom stereocenters. The predicted molar refractivity (Wildman–Crippen MR) is 60.1 cm³/mol. The van der Waals surface area contributed by atoms with Crippen LogP contribution in [0.25, 0.3) is 0 Å². The molecule has 2 N–H and O–H groups in total. The van der Waals surface area contributed by atoms with Gasteiger partial charge in [-0.15, -0.1) is 0 Å². The van der Waals surface area contributed by atoms with Crippen LogP contribution >= 0.6 is 0 Å². The van der Waals surface area contributed by atoms with Crippen molar-refractivity contribution in [2.45, 2.75) is 19.9 Å². The number of aromatic nitrogens is 5. The average Bonchev–Trinajstić information content (AvgIpc) is 2.94. The molecular weight excluding hydrogens is 220 g/mol. The Morgan fingerprint density at radius 1 is 1.59 bits per heavy atom. The summed E-state index contributed by atoms with van der Waals surface area (Å²) >= 11 is 0. The van der Waals surface area contributed by atoms with Crippen LogP contribution in [0.5, 0.6) is 0 Å². The number of amides is 1. The molecule has 7 heteroatoms. The molecule has 0 bridgehead atoms. The third kappa shape index (κ3) is 2.49. The summed E-state index contributed by atoms with van der Waals surface area (Å²) in [5, 5.41) is 13.3. The Kier molecular flexibility index (Phi) is 3.17. The number of carbonyl (C=O) groups is 1. The molecule has 2 aromatic rings. The van der Waals surface area contributed by atoms with Crippen LogP contribution in [0.15, 0.2) is 12.4 Å². The Bertz CT molecular complexity index is 501. The SMILES string of the molecule is CCc1cc(C(=O)NCc2ncn[nH]2)n(C)n1. The van der Waals surface area contributed by atoms with E-state index in [-0.39, 0.29) is 5.91 Å². The molecule has 0 aliphatic heterocycles. The Morgan fingerprint density at radius 2 is 2.41 bits per heavy atom. The monoisotopic (exact) mass is 234 g/mol. The zero-order valence-electron chi connectivity index (χ0n) is 9.77. The van der Waals surface area contributed by atoms with Gasteiger partial charge in [-0.1, -0.05) is 6.92 Å². The van der Waals surface area contributed by atoms with Gasteiger partial charge in [0.25, 0.3) is 5.91 Å². The van der Waals surface area contributed by atoms with E-state index in [0.717, 1.165) is 12.1 Å². The van der Waals surface area contributed by atoms with Crippen LogP contribution in [0.4, 0.5) is 0 Å². The molecule has 0 unspecified atom stereocenters. The normalized spacial score (nSPS) is 10.5. The Labute approximate surface area is 98.2 Å². The first kappa shape index (κ1) is 11.3. The van der Waals surface area contributed by atoms with E-state index in [0.29, 0.717) is 18.1 Å². The van der Waals surface area contributed by atoms with E-state index < -0.39 is 0 Å². The van der Waals surface area contributed by atoms with Gasteiger partial charge >= 0.3 is 0 Å². The molecule has 0 aliphatic rings. The first-order valence-corrected chi connectivity index (χ1v) is 5.36. The first-order valence-electron chi connectivity index (χ1n) is 5.36. The van der Waals surface area contributed by atoms with E-state index in [1.54, 1.807) is 17.8 Å². The maximum absolute atomic E-state index is 11.9. The summed E-state index contributed by atoms with van der Waals surface area (Å²) in [7, 11) is 1.75. The standard InChI is InChI=1S/C10H14N6O/c1-3-7-4-8(16(2)15-7)10(17)11-5-9-12-6-13-14-9/h4,6H,3,5H2,1-2H3,(H,11,17)(H,12,13,14). The molecule has 0 aromatic carbocycles. The van der Waals surface area contributed by atoms with Crippen LogP contribution in [0, 0.1) is 0 Å². The van der Waals surface area contributed by atoms with E-state index in [4.69, 9.17) is 0 Å².